The van der Waals surface area contributed by atoms with Gasteiger partial charge in [0.15, 0.2) is 11.0 Å². The van der Waals surface area contributed by atoms with E-state index in [1.807, 2.05) is 24.3 Å². The summed E-state index contributed by atoms with van der Waals surface area (Å²) in [6.07, 6.45) is 0. The Morgan fingerprint density at radius 2 is 1.85 bits per heavy atom. The fraction of sp³-hybridized carbons (Fsp3) is 0.167. The van der Waals surface area contributed by atoms with Crippen molar-refractivity contribution in [3.8, 4) is 17.1 Å². The van der Waals surface area contributed by atoms with Gasteiger partial charge >= 0.3 is 0 Å². The molecule has 1 N–H and O–H groups in total. The number of nitrogens with one attached hydrogen (secondary N) is 1. The predicted octanol–water partition coefficient (Wildman–Crippen LogP) is 3.50. The lowest BCUT2D eigenvalue weighted by Crippen LogP contribution is -2.16. The van der Waals surface area contributed by atoms with Gasteiger partial charge in [0.25, 0.3) is 0 Å². The molecule has 0 spiro atoms. The summed E-state index contributed by atoms with van der Waals surface area (Å²) in [5.74, 6) is -1.05. The van der Waals surface area contributed by atoms with Crippen LogP contribution in [0.1, 0.15) is 0 Å². The second-order valence-corrected chi connectivity index (χ2v) is 6.44. The summed E-state index contributed by atoms with van der Waals surface area (Å²) < 4.78 is 34.3. The normalized spacial score (nSPS) is 10.7. The summed E-state index contributed by atoms with van der Waals surface area (Å²) in [4.78, 5) is 12.0. The van der Waals surface area contributed by atoms with Crippen molar-refractivity contribution in [3.05, 3.63) is 54.1 Å². The number of methoxy groups -OCH3 is 1. The van der Waals surface area contributed by atoms with Crippen LogP contribution in [0.15, 0.2) is 47.6 Å². The van der Waals surface area contributed by atoms with E-state index < -0.39 is 23.2 Å². The lowest BCUT2D eigenvalue weighted by Gasteiger charge is -2.09. The monoisotopic (exact) mass is 390 g/mol. The van der Waals surface area contributed by atoms with Crippen LogP contribution in [0.2, 0.25) is 0 Å². The molecule has 2 aromatic carbocycles. The number of anilines is 1. The fourth-order valence-electron chi connectivity index (χ4n) is 2.43. The highest BCUT2D eigenvalue weighted by atomic mass is 32.2. The van der Waals surface area contributed by atoms with Crippen molar-refractivity contribution < 1.29 is 18.3 Å². The summed E-state index contributed by atoms with van der Waals surface area (Å²) in [7, 11) is 3.33. The maximum atomic E-state index is 13.6. The molecule has 3 aromatic rings. The van der Waals surface area contributed by atoms with Crippen LogP contribution in [-0.2, 0) is 11.8 Å². The lowest BCUT2D eigenvalue weighted by atomic mass is 10.2. The van der Waals surface area contributed by atoms with Gasteiger partial charge in [0.2, 0.25) is 5.91 Å². The Morgan fingerprint density at radius 1 is 1.15 bits per heavy atom. The Hall–Kier alpha value is -2.94. The van der Waals surface area contributed by atoms with E-state index in [1.54, 1.807) is 18.7 Å². The van der Waals surface area contributed by atoms with E-state index in [0.29, 0.717) is 16.7 Å². The minimum Gasteiger partial charge on any atom is -0.496 e. The predicted molar refractivity (Wildman–Crippen MR) is 98.7 cm³/mol. The van der Waals surface area contributed by atoms with Crippen LogP contribution in [0.3, 0.4) is 0 Å². The van der Waals surface area contributed by atoms with Gasteiger partial charge in [0.05, 0.1) is 18.4 Å². The maximum absolute atomic E-state index is 13.6. The number of amides is 1. The van der Waals surface area contributed by atoms with Gasteiger partial charge < -0.3 is 14.6 Å². The van der Waals surface area contributed by atoms with E-state index in [2.05, 4.69) is 15.5 Å². The molecule has 0 aliphatic heterocycles. The Balaban J connectivity index is 1.71. The van der Waals surface area contributed by atoms with Crippen LogP contribution in [0.4, 0.5) is 14.5 Å². The number of aromatic nitrogens is 3. The van der Waals surface area contributed by atoms with E-state index in [9.17, 15) is 13.6 Å². The molecule has 0 radical (unpaired) electrons. The minimum absolute atomic E-state index is 0.0777. The number of carbonyl (C=O) groups excluding carboxylic acids is 1. The first-order valence-electron chi connectivity index (χ1n) is 7.90. The molecule has 140 valence electrons. The van der Waals surface area contributed by atoms with Crippen LogP contribution in [0.25, 0.3) is 11.4 Å². The standard InChI is InChI=1S/C18H16F2N4O2S/c1-24-17(11-6-3-4-9-14(11)26-2)22-23-18(24)27-10-15(25)21-16-12(19)7-5-8-13(16)20/h3-9H,10H2,1-2H3,(H,21,25). The van der Waals surface area contributed by atoms with Gasteiger partial charge in [0, 0.05) is 7.05 Å². The van der Waals surface area contributed by atoms with Crippen LogP contribution in [0, 0.1) is 11.6 Å². The molecule has 1 heterocycles. The first-order chi connectivity index (χ1) is 13.0. The van der Waals surface area contributed by atoms with Gasteiger partial charge in [-0.2, -0.15) is 0 Å². The van der Waals surface area contributed by atoms with E-state index in [-0.39, 0.29) is 5.75 Å². The minimum atomic E-state index is -0.828. The third kappa shape index (κ3) is 4.08. The number of para-hydroxylation sites is 2. The molecular weight excluding hydrogens is 374 g/mol. The molecule has 0 fully saturated rings. The number of hydrogen-bond acceptors (Lipinski definition) is 5. The zero-order chi connectivity index (χ0) is 19.4. The van der Waals surface area contributed by atoms with Gasteiger partial charge in [0.1, 0.15) is 23.1 Å². The molecule has 0 saturated carbocycles. The number of thioether (sulfide) groups is 1. The largest absolute Gasteiger partial charge is 0.496 e. The molecule has 1 amide bonds. The highest BCUT2D eigenvalue weighted by Crippen LogP contribution is 2.30. The molecule has 0 aliphatic carbocycles. The summed E-state index contributed by atoms with van der Waals surface area (Å²) in [6, 6.07) is 10.8. The maximum Gasteiger partial charge on any atom is 0.235 e. The molecular formula is C18H16F2N4O2S. The third-order valence-electron chi connectivity index (χ3n) is 3.74. The molecule has 0 atom stereocenters. The Kier molecular flexibility index (Phi) is 5.70. The number of ether oxygens (including phenoxy) is 1. The van der Waals surface area contributed by atoms with Gasteiger partial charge in [-0.3, -0.25) is 4.79 Å². The Labute approximate surface area is 158 Å². The van der Waals surface area contributed by atoms with Crippen molar-refractivity contribution in [2.24, 2.45) is 7.05 Å². The smallest absolute Gasteiger partial charge is 0.235 e. The molecule has 0 bridgehead atoms. The molecule has 1 aromatic heterocycles. The Morgan fingerprint density at radius 3 is 2.56 bits per heavy atom. The third-order valence-corrected chi connectivity index (χ3v) is 4.76. The summed E-state index contributed by atoms with van der Waals surface area (Å²) in [5.41, 5.74) is 0.301. The quantitative estimate of drug-likeness (QED) is 0.653. The number of halogens is 2. The average molecular weight is 390 g/mol. The molecule has 0 unspecified atom stereocenters. The highest BCUT2D eigenvalue weighted by Gasteiger charge is 2.17. The molecule has 9 heteroatoms. The highest BCUT2D eigenvalue weighted by molar-refractivity contribution is 7.99. The van der Waals surface area contributed by atoms with E-state index in [1.165, 1.54) is 6.07 Å². The number of rotatable bonds is 6. The zero-order valence-corrected chi connectivity index (χ0v) is 15.4. The topological polar surface area (TPSA) is 69.0 Å². The van der Waals surface area contributed by atoms with Crippen molar-refractivity contribution in [2.75, 3.05) is 18.2 Å². The van der Waals surface area contributed by atoms with Crippen molar-refractivity contribution >= 4 is 23.4 Å². The zero-order valence-electron chi connectivity index (χ0n) is 14.6. The fourth-order valence-corrected chi connectivity index (χ4v) is 3.14. The molecule has 0 aliphatic rings. The van der Waals surface area contributed by atoms with Crippen LogP contribution in [-0.4, -0.2) is 33.5 Å². The van der Waals surface area contributed by atoms with Crippen LogP contribution >= 0.6 is 11.8 Å². The van der Waals surface area contributed by atoms with Crippen molar-refractivity contribution in [1.82, 2.24) is 14.8 Å². The molecule has 27 heavy (non-hydrogen) atoms. The van der Waals surface area contributed by atoms with E-state index in [4.69, 9.17) is 4.74 Å². The first-order valence-corrected chi connectivity index (χ1v) is 8.89. The van der Waals surface area contributed by atoms with Gasteiger partial charge in [-0.25, -0.2) is 8.78 Å². The summed E-state index contributed by atoms with van der Waals surface area (Å²) in [6.45, 7) is 0. The summed E-state index contributed by atoms with van der Waals surface area (Å²) in [5, 5.41) is 10.9. The van der Waals surface area contributed by atoms with Gasteiger partial charge in [-0.05, 0) is 24.3 Å². The van der Waals surface area contributed by atoms with Gasteiger partial charge in [-0.15, -0.1) is 10.2 Å². The van der Waals surface area contributed by atoms with Crippen molar-refractivity contribution in [3.63, 3.8) is 0 Å². The molecule has 6 nitrogen and oxygen atoms in total. The lowest BCUT2D eigenvalue weighted by molar-refractivity contribution is -0.113. The Bertz CT molecular complexity index is 957. The SMILES string of the molecule is COc1ccccc1-c1nnc(SCC(=O)Nc2c(F)cccc2F)n1C. The number of nitrogens with zero attached hydrogens (tertiary/aromatic N) is 3. The van der Waals surface area contributed by atoms with Gasteiger partial charge in [-0.1, -0.05) is 30.0 Å². The average Bonchev–Trinajstić information content (AvgIpc) is 3.03. The molecule has 3 rings (SSSR count). The van der Waals surface area contributed by atoms with E-state index >= 15 is 0 Å². The second-order valence-electron chi connectivity index (χ2n) is 5.50. The van der Waals surface area contributed by atoms with E-state index in [0.717, 1.165) is 29.5 Å². The first kappa shape index (κ1) is 18.8. The van der Waals surface area contributed by atoms with Crippen LogP contribution < -0.4 is 10.1 Å². The molecule has 0 saturated heterocycles. The summed E-state index contributed by atoms with van der Waals surface area (Å²) >= 11 is 1.11. The van der Waals surface area contributed by atoms with Crippen molar-refractivity contribution in [1.29, 1.82) is 0 Å². The second kappa shape index (κ2) is 8.17. The number of hydrogen-bond donors (Lipinski definition) is 1. The van der Waals surface area contributed by atoms with Crippen LogP contribution in [0.5, 0.6) is 5.75 Å². The number of benzene rings is 2. The number of carbonyl (C=O) groups is 1. The van der Waals surface area contributed by atoms with Crippen molar-refractivity contribution in [2.45, 2.75) is 5.16 Å².